The molecule has 0 spiro atoms. The summed E-state index contributed by atoms with van der Waals surface area (Å²) in [7, 11) is 0. The highest BCUT2D eigenvalue weighted by Gasteiger charge is 2.27. The lowest BCUT2D eigenvalue weighted by molar-refractivity contribution is 0.0740. The number of nitrogens with two attached hydrogens (primary N) is 1. The quantitative estimate of drug-likeness (QED) is 0.666. The molecule has 0 bridgehead atoms. The largest absolute Gasteiger partial charge is 0.489 e. The van der Waals surface area contributed by atoms with E-state index in [1.165, 1.54) is 5.56 Å². The monoisotopic (exact) mass is 347 g/mol. The van der Waals surface area contributed by atoms with E-state index in [1.807, 2.05) is 42.5 Å². The van der Waals surface area contributed by atoms with Gasteiger partial charge in [-0.25, -0.2) is 5.90 Å². The van der Waals surface area contributed by atoms with Crippen LogP contribution in [0.15, 0.2) is 66.7 Å². The zero-order valence-corrected chi connectivity index (χ0v) is 14.6. The first kappa shape index (κ1) is 16.6. The number of aryl methyl sites for hydroxylation is 1. The minimum atomic E-state index is -0.342. The Hall–Kier alpha value is -2.82. The molecule has 0 radical (unpaired) electrons. The Balaban J connectivity index is 1.54. The molecular formula is C22H21NO3. The maximum Gasteiger partial charge on any atom is 0.137 e. The molecule has 4 heteroatoms. The highest BCUT2D eigenvalue weighted by molar-refractivity contribution is 5.54. The zero-order chi connectivity index (χ0) is 17.9. The van der Waals surface area contributed by atoms with Gasteiger partial charge in [-0.3, -0.25) is 4.84 Å². The first-order valence-electron chi connectivity index (χ1n) is 8.75. The number of para-hydroxylation sites is 1. The summed E-state index contributed by atoms with van der Waals surface area (Å²) < 4.78 is 12.0. The minimum Gasteiger partial charge on any atom is -0.489 e. The summed E-state index contributed by atoms with van der Waals surface area (Å²) in [5.41, 5.74) is 4.27. The van der Waals surface area contributed by atoms with Crippen LogP contribution in [-0.4, -0.2) is 0 Å². The molecule has 0 saturated carbocycles. The smallest absolute Gasteiger partial charge is 0.137 e. The third-order valence-electron chi connectivity index (χ3n) is 4.66. The highest BCUT2D eigenvalue weighted by atomic mass is 16.6. The van der Waals surface area contributed by atoms with Gasteiger partial charge in [0.2, 0.25) is 0 Å². The summed E-state index contributed by atoms with van der Waals surface area (Å²) in [6, 6.07) is 22.0. The van der Waals surface area contributed by atoms with Gasteiger partial charge in [-0.15, -0.1) is 0 Å². The van der Waals surface area contributed by atoms with Gasteiger partial charge in [-0.05, 0) is 35.7 Å². The molecule has 0 aliphatic carbocycles. The van der Waals surface area contributed by atoms with Gasteiger partial charge in [0, 0.05) is 17.2 Å². The van der Waals surface area contributed by atoms with Crippen molar-refractivity contribution in [3.63, 3.8) is 0 Å². The summed E-state index contributed by atoms with van der Waals surface area (Å²) in [6.45, 7) is 2.66. The van der Waals surface area contributed by atoms with Crippen molar-refractivity contribution in [2.24, 2.45) is 5.90 Å². The van der Waals surface area contributed by atoms with Gasteiger partial charge in [0.25, 0.3) is 0 Å². The zero-order valence-electron chi connectivity index (χ0n) is 14.6. The molecule has 3 aromatic rings. The summed E-state index contributed by atoms with van der Waals surface area (Å²) >= 11 is 0. The molecule has 1 unspecified atom stereocenters. The molecule has 132 valence electrons. The number of fused-ring (bicyclic) bond motifs is 2. The second-order valence-corrected chi connectivity index (χ2v) is 6.31. The first-order valence-corrected chi connectivity index (χ1v) is 8.75. The Labute approximate surface area is 153 Å². The predicted octanol–water partition coefficient (Wildman–Crippen LogP) is 4.91. The molecule has 1 atom stereocenters. The van der Waals surface area contributed by atoms with Gasteiger partial charge in [0.05, 0.1) is 0 Å². The lowest BCUT2D eigenvalue weighted by Gasteiger charge is -2.26. The number of rotatable bonds is 5. The van der Waals surface area contributed by atoms with Crippen LogP contribution in [0.25, 0.3) is 0 Å². The molecule has 0 amide bonds. The van der Waals surface area contributed by atoms with E-state index >= 15 is 0 Å². The molecule has 1 aliphatic rings. The third kappa shape index (κ3) is 3.17. The maximum atomic E-state index is 6.02. The molecule has 0 fully saturated rings. The molecule has 0 aromatic heterocycles. The second kappa shape index (κ2) is 7.20. The van der Waals surface area contributed by atoms with E-state index in [0.717, 1.165) is 34.6 Å². The number of ether oxygens (including phenoxy) is 2. The van der Waals surface area contributed by atoms with Gasteiger partial charge in [-0.2, -0.15) is 0 Å². The van der Waals surface area contributed by atoms with Crippen LogP contribution in [0, 0.1) is 0 Å². The molecule has 4 nitrogen and oxygen atoms in total. The Morgan fingerprint density at radius 2 is 1.62 bits per heavy atom. The fourth-order valence-corrected chi connectivity index (χ4v) is 3.17. The average molecular weight is 347 g/mol. The van der Waals surface area contributed by atoms with E-state index in [2.05, 4.69) is 31.2 Å². The molecule has 1 aliphatic heterocycles. The van der Waals surface area contributed by atoms with Crippen LogP contribution in [0.3, 0.4) is 0 Å². The lowest BCUT2D eigenvalue weighted by atomic mass is 9.97. The van der Waals surface area contributed by atoms with Crippen molar-refractivity contribution < 1.29 is 14.3 Å². The maximum absolute atomic E-state index is 6.02. The number of hydrogen-bond donors (Lipinski definition) is 1. The molecule has 2 N–H and O–H groups in total. The molecule has 0 saturated heterocycles. The van der Waals surface area contributed by atoms with Gasteiger partial charge in [0.15, 0.2) is 0 Å². The van der Waals surface area contributed by atoms with Crippen molar-refractivity contribution in [3.8, 4) is 17.2 Å². The fourth-order valence-electron chi connectivity index (χ4n) is 3.17. The average Bonchev–Trinajstić information content (AvgIpc) is 2.70. The first-order chi connectivity index (χ1) is 12.8. The van der Waals surface area contributed by atoms with Crippen molar-refractivity contribution in [2.75, 3.05) is 0 Å². The highest BCUT2D eigenvalue weighted by Crippen LogP contribution is 2.45. The molecule has 4 rings (SSSR count). The third-order valence-corrected chi connectivity index (χ3v) is 4.66. The van der Waals surface area contributed by atoms with Crippen molar-refractivity contribution in [2.45, 2.75) is 26.1 Å². The Morgan fingerprint density at radius 3 is 2.38 bits per heavy atom. The second-order valence-electron chi connectivity index (χ2n) is 6.31. The van der Waals surface area contributed by atoms with E-state index in [-0.39, 0.29) is 6.10 Å². The molecule has 3 aromatic carbocycles. The Kier molecular flexibility index (Phi) is 4.61. The lowest BCUT2D eigenvalue weighted by Crippen LogP contribution is -2.16. The normalized spacial score (nSPS) is 14.9. The van der Waals surface area contributed by atoms with Gasteiger partial charge in [-0.1, -0.05) is 49.4 Å². The minimum absolute atomic E-state index is 0.342. The van der Waals surface area contributed by atoms with Crippen LogP contribution in [0.5, 0.6) is 17.2 Å². The SMILES string of the molecule is CCc1ccc(COc2ccc3c(c2)Oc2ccccc2C3ON)cc1. The van der Waals surface area contributed by atoms with E-state index in [4.69, 9.17) is 20.2 Å². The van der Waals surface area contributed by atoms with Gasteiger partial charge >= 0.3 is 0 Å². The van der Waals surface area contributed by atoms with E-state index in [0.29, 0.717) is 12.4 Å². The Bertz CT molecular complexity index is 906. The summed E-state index contributed by atoms with van der Waals surface area (Å²) in [5, 5.41) is 0. The van der Waals surface area contributed by atoms with Gasteiger partial charge < -0.3 is 9.47 Å². The van der Waals surface area contributed by atoms with Crippen molar-refractivity contribution in [1.82, 2.24) is 0 Å². The standard InChI is InChI=1S/C22H21NO3/c1-2-15-7-9-16(10-8-15)14-24-17-11-12-19-21(13-17)25-20-6-4-3-5-18(20)22(19)26-23/h3-13,22H,2,14,23H2,1H3. The number of benzene rings is 3. The van der Waals surface area contributed by atoms with Crippen LogP contribution < -0.4 is 15.4 Å². The van der Waals surface area contributed by atoms with Gasteiger partial charge in [0.1, 0.15) is 30.0 Å². The fraction of sp³-hybridized carbons (Fsp3) is 0.182. The van der Waals surface area contributed by atoms with E-state index < -0.39 is 0 Å². The summed E-state index contributed by atoms with van der Waals surface area (Å²) in [6.07, 6.45) is 0.695. The molecular weight excluding hydrogens is 326 g/mol. The van der Waals surface area contributed by atoms with Crippen molar-refractivity contribution in [3.05, 3.63) is 89.0 Å². The summed E-state index contributed by atoms with van der Waals surface area (Å²) in [5.74, 6) is 7.75. The van der Waals surface area contributed by atoms with E-state index in [9.17, 15) is 0 Å². The molecule has 26 heavy (non-hydrogen) atoms. The van der Waals surface area contributed by atoms with Crippen LogP contribution in [0.1, 0.15) is 35.3 Å². The summed E-state index contributed by atoms with van der Waals surface area (Å²) in [4.78, 5) is 5.21. The van der Waals surface area contributed by atoms with Crippen molar-refractivity contribution in [1.29, 1.82) is 0 Å². The van der Waals surface area contributed by atoms with Crippen molar-refractivity contribution >= 4 is 0 Å². The van der Waals surface area contributed by atoms with Crippen LogP contribution >= 0.6 is 0 Å². The number of hydrogen-bond acceptors (Lipinski definition) is 4. The topological polar surface area (TPSA) is 53.7 Å². The van der Waals surface area contributed by atoms with Crippen LogP contribution in [0.2, 0.25) is 0 Å². The van der Waals surface area contributed by atoms with Crippen LogP contribution in [-0.2, 0) is 17.9 Å². The Morgan fingerprint density at radius 1 is 0.885 bits per heavy atom. The molecule has 1 heterocycles. The van der Waals surface area contributed by atoms with Crippen LogP contribution in [0.4, 0.5) is 0 Å². The predicted molar refractivity (Wildman–Crippen MR) is 100 cm³/mol. The van der Waals surface area contributed by atoms with E-state index in [1.54, 1.807) is 0 Å².